The largest absolute Gasteiger partial charge is 0.330 e. The lowest BCUT2D eigenvalue weighted by molar-refractivity contribution is 0.509. The van der Waals surface area contributed by atoms with Crippen LogP contribution in [0.2, 0.25) is 0 Å². The second-order valence-corrected chi connectivity index (χ2v) is 3.98. The maximum absolute atomic E-state index is 13.2. The van der Waals surface area contributed by atoms with Gasteiger partial charge in [0.25, 0.3) is 0 Å². The summed E-state index contributed by atoms with van der Waals surface area (Å²) in [7, 11) is 0. The van der Waals surface area contributed by atoms with Gasteiger partial charge in [-0.2, -0.15) is 0 Å². The third kappa shape index (κ3) is 2.26. The second-order valence-electron chi connectivity index (χ2n) is 3.98. The molecule has 96 valence electrons. The van der Waals surface area contributed by atoms with Gasteiger partial charge in [0.2, 0.25) is 0 Å². The van der Waals surface area contributed by atoms with E-state index in [0.29, 0.717) is 30.9 Å². The minimum Gasteiger partial charge on any atom is -0.330 e. The fourth-order valence-corrected chi connectivity index (χ4v) is 1.98. The van der Waals surface area contributed by atoms with Crippen LogP contribution >= 0.6 is 0 Å². The van der Waals surface area contributed by atoms with Gasteiger partial charge in [0.15, 0.2) is 11.6 Å². The molecule has 0 spiro atoms. The normalized spacial score (nSPS) is 10.9. The zero-order valence-corrected chi connectivity index (χ0v) is 10.2. The molecule has 0 radical (unpaired) electrons. The number of hydrogen-bond donors (Lipinski definition) is 1. The molecule has 0 saturated carbocycles. The van der Waals surface area contributed by atoms with Gasteiger partial charge in [-0.25, -0.2) is 13.8 Å². The Balaban J connectivity index is 2.46. The number of hydrogen-bond acceptors (Lipinski definition) is 2. The maximum Gasteiger partial charge on any atom is 0.159 e. The van der Waals surface area contributed by atoms with Crippen LogP contribution in [-0.2, 0) is 13.0 Å². The Morgan fingerprint density at radius 2 is 2.06 bits per heavy atom. The highest BCUT2D eigenvalue weighted by atomic mass is 19.2. The minimum absolute atomic E-state index is 0.531. The first-order chi connectivity index (χ1) is 8.67. The number of rotatable bonds is 4. The Hall–Kier alpha value is -1.75. The number of imidazole rings is 1. The topological polar surface area (TPSA) is 43.8 Å². The smallest absolute Gasteiger partial charge is 0.159 e. The summed E-state index contributed by atoms with van der Waals surface area (Å²) in [6, 6.07) is 3.80. The van der Waals surface area contributed by atoms with Crippen molar-refractivity contribution in [3.8, 4) is 11.4 Å². The van der Waals surface area contributed by atoms with Gasteiger partial charge in [0, 0.05) is 30.4 Å². The number of nitrogens with two attached hydrogens (primary N) is 1. The van der Waals surface area contributed by atoms with E-state index in [1.165, 1.54) is 6.07 Å². The van der Waals surface area contributed by atoms with Crippen molar-refractivity contribution in [1.29, 1.82) is 0 Å². The predicted octanol–water partition coefficient (Wildman–Crippen LogP) is 2.35. The average Bonchev–Trinajstić information content (AvgIpc) is 2.76. The fourth-order valence-electron chi connectivity index (χ4n) is 1.98. The van der Waals surface area contributed by atoms with Crippen molar-refractivity contribution in [2.75, 3.05) is 6.54 Å². The number of nitrogens with zero attached hydrogens (tertiary/aromatic N) is 2. The van der Waals surface area contributed by atoms with Crippen LogP contribution in [0.15, 0.2) is 24.4 Å². The second kappa shape index (κ2) is 5.27. The molecule has 3 nitrogen and oxygen atoms in total. The average molecular weight is 251 g/mol. The predicted molar refractivity (Wildman–Crippen MR) is 66.0 cm³/mol. The molecule has 2 aromatic rings. The summed E-state index contributed by atoms with van der Waals surface area (Å²) in [6.07, 6.45) is 2.44. The molecule has 0 bridgehead atoms. The Kier molecular flexibility index (Phi) is 3.72. The molecule has 0 aliphatic heterocycles. The van der Waals surface area contributed by atoms with Crippen molar-refractivity contribution in [3.63, 3.8) is 0 Å². The first kappa shape index (κ1) is 12.7. The van der Waals surface area contributed by atoms with Crippen LogP contribution in [0, 0.1) is 11.6 Å². The molecular formula is C13H15F2N3. The van der Waals surface area contributed by atoms with Crippen molar-refractivity contribution in [2.45, 2.75) is 19.9 Å². The summed E-state index contributed by atoms with van der Waals surface area (Å²) < 4.78 is 28.1. The van der Waals surface area contributed by atoms with E-state index in [-0.39, 0.29) is 0 Å². The van der Waals surface area contributed by atoms with E-state index in [1.54, 1.807) is 6.20 Å². The number of aromatic nitrogens is 2. The first-order valence-electron chi connectivity index (χ1n) is 5.87. The molecular weight excluding hydrogens is 236 g/mol. The monoisotopic (exact) mass is 251 g/mol. The van der Waals surface area contributed by atoms with Crippen LogP contribution < -0.4 is 5.73 Å². The van der Waals surface area contributed by atoms with E-state index in [1.807, 2.05) is 11.5 Å². The summed E-state index contributed by atoms with van der Waals surface area (Å²) in [5.74, 6) is -1.08. The van der Waals surface area contributed by atoms with Crippen LogP contribution in [0.5, 0.6) is 0 Å². The van der Waals surface area contributed by atoms with Gasteiger partial charge in [-0.3, -0.25) is 0 Å². The zero-order chi connectivity index (χ0) is 13.1. The summed E-state index contributed by atoms with van der Waals surface area (Å²) in [5.41, 5.74) is 7.09. The molecule has 0 unspecified atom stereocenters. The number of halogens is 2. The van der Waals surface area contributed by atoms with Gasteiger partial charge in [-0.1, -0.05) is 0 Å². The third-order valence-electron chi connectivity index (χ3n) is 2.83. The van der Waals surface area contributed by atoms with Crippen LogP contribution in [0.3, 0.4) is 0 Å². The van der Waals surface area contributed by atoms with Crippen LogP contribution in [-0.4, -0.2) is 16.1 Å². The van der Waals surface area contributed by atoms with Crippen LogP contribution in [0.25, 0.3) is 11.4 Å². The summed E-state index contributed by atoms with van der Waals surface area (Å²) in [4.78, 5) is 4.26. The van der Waals surface area contributed by atoms with Crippen molar-refractivity contribution < 1.29 is 8.78 Å². The Labute approximate surface area is 104 Å². The van der Waals surface area contributed by atoms with Crippen LogP contribution in [0.4, 0.5) is 8.78 Å². The highest BCUT2D eigenvalue weighted by Crippen LogP contribution is 2.22. The van der Waals surface area contributed by atoms with E-state index in [0.717, 1.165) is 17.8 Å². The molecule has 2 rings (SSSR count). The van der Waals surface area contributed by atoms with Gasteiger partial charge in [0.1, 0.15) is 5.82 Å². The van der Waals surface area contributed by atoms with E-state index in [9.17, 15) is 8.78 Å². The molecule has 2 N–H and O–H groups in total. The molecule has 1 heterocycles. The molecule has 18 heavy (non-hydrogen) atoms. The number of benzene rings is 1. The molecule has 0 amide bonds. The Morgan fingerprint density at radius 1 is 1.28 bits per heavy atom. The lowest BCUT2D eigenvalue weighted by atomic mass is 10.2. The minimum atomic E-state index is -0.862. The highest BCUT2D eigenvalue weighted by Gasteiger charge is 2.12. The van der Waals surface area contributed by atoms with Crippen molar-refractivity contribution in [1.82, 2.24) is 9.55 Å². The lowest BCUT2D eigenvalue weighted by Crippen LogP contribution is -2.09. The molecule has 0 atom stereocenters. The van der Waals surface area contributed by atoms with Crippen molar-refractivity contribution in [3.05, 3.63) is 41.7 Å². The standard InChI is InChI=1S/C13H15F2N3/c1-2-18-10(5-6-16)8-17-13(18)9-3-4-11(14)12(15)7-9/h3-4,7-8H,2,5-6,16H2,1H3. The first-order valence-corrected chi connectivity index (χ1v) is 5.87. The molecule has 0 fully saturated rings. The maximum atomic E-state index is 13.2. The van der Waals surface area contributed by atoms with E-state index in [4.69, 9.17) is 5.73 Å². The summed E-state index contributed by atoms with van der Waals surface area (Å²) in [5, 5.41) is 0. The Morgan fingerprint density at radius 3 is 2.67 bits per heavy atom. The van der Waals surface area contributed by atoms with Gasteiger partial charge in [-0.15, -0.1) is 0 Å². The third-order valence-corrected chi connectivity index (χ3v) is 2.83. The van der Waals surface area contributed by atoms with E-state index < -0.39 is 11.6 Å². The molecule has 0 aliphatic carbocycles. The van der Waals surface area contributed by atoms with Gasteiger partial charge in [0.05, 0.1) is 0 Å². The van der Waals surface area contributed by atoms with E-state index in [2.05, 4.69) is 4.98 Å². The quantitative estimate of drug-likeness (QED) is 0.906. The van der Waals surface area contributed by atoms with Gasteiger partial charge >= 0.3 is 0 Å². The molecule has 0 saturated heterocycles. The SMILES string of the molecule is CCn1c(CCN)cnc1-c1ccc(F)c(F)c1. The molecule has 1 aromatic carbocycles. The van der Waals surface area contributed by atoms with Crippen LogP contribution in [0.1, 0.15) is 12.6 Å². The van der Waals surface area contributed by atoms with Gasteiger partial charge < -0.3 is 10.3 Å². The highest BCUT2D eigenvalue weighted by molar-refractivity contribution is 5.56. The molecule has 0 aliphatic rings. The zero-order valence-electron chi connectivity index (χ0n) is 10.2. The van der Waals surface area contributed by atoms with Gasteiger partial charge in [-0.05, 0) is 31.7 Å². The summed E-state index contributed by atoms with van der Waals surface area (Å²) >= 11 is 0. The summed E-state index contributed by atoms with van der Waals surface area (Å²) in [6.45, 7) is 3.22. The lowest BCUT2D eigenvalue weighted by Gasteiger charge is -2.09. The Bertz CT molecular complexity index is 549. The van der Waals surface area contributed by atoms with Crippen molar-refractivity contribution >= 4 is 0 Å². The van der Waals surface area contributed by atoms with E-state index >= 15 is 0 Å². The molecule has 5 heteroatoms. The fraction of sp³-hybridized carbons (Fsp3) is 0.308. The van der Waals surface area contributed by atoms with Crippen molar-refractivity contribution in [2.24, 2.45) is 5.73 Å². The molecule has 1 aromatic heterocycles.